The summed E-state index contributed by atoms with van der Waals surface area (Å²) in [4.78, 5) is 11.0. The average molecular weight is 219 g/mol. The Morgan fingerprint density at radius 1 is 1.56 bits per heavy atom. The first kappa shape index (κ1) is 9.66. The lowest BCUT2D eigenvalue weighted by molar-refractivity contribution is -0.139. The molecule has 1 aromatic carbocycles. The van der Waals surface area contributed by atoms with E-state index in [-0.39, 0.29) is 5.92 Å². The molecule has 0 unspecified atom stereocenters. The van der Waals surface area contributed by atoms with Crippen molar-refractivity contribution in [3.8, 4) is 5.75 Å². The molecular weight excluding hydrogens is 206 g/mol. The molecule has 84 valence electrons. The van der Waals surface area contributed by atoms with E-state index in [4.69, 9.17) is 15.6 Å². The second-order valence-electron chi connectivity index (χ2n) is 4.57. The summed E-state index contributed by atoms with van der Waals surface area (Å²) in [5, 5.41) is 8.99. The molecule has 0 saturated heterocycles. The van der Waals surface area contributed by atoms with Gasteiger partial charge < -0.3 is 15.6 Å². The van der Waals surface area contributed by atoms with Crippen LogP contribution in [0.2, 0.25) is 0 Å². The summed E-state index contributed by atoms with van der Waals surface area (Å²) in [6, 6.07) is 5.87. The summed E-state index contributed by atoms with van der Waals surface area (Å²) in [5.74, 6) is -0.0347. The van der Waals surface area contributed by atoms with Gasteiger partial charge in [-0.05, 0) is 23.6 Å². The summed E-state index contributed by atoms with van der Waals surface area (Å²) >= 11 is 0. The van der Waals surface area contributed by atoms with Gasteiger partial charge in [-0.25, -0.2) is 0 Å². The van der Waals surface area contributed by atoms with Gasteiger partial charge in [-0.3, -0.25) is 4.79 Å². The van der Waals surface area contributed by atoms with Crippen molar-refractivity contribution < 1.29 is 14.6 Å². The molecule has 2 atom stereocenters. The predicted octanol–water partition coefficient (Wildman–Crippen LogP) is 0.891. The van der Waals surface area contributed by atoms with Crippen molar-refractivity contribution in [2.24, 2.45) is 5.73 Å². The Balaban J connectivity index is 1.90. The van der Waals surface area contributed by atoms with Gasteiger partial charge in [0, 0.05) is 12.3 Å². The smallest absolute Gasteiger partial charge is 0.324 e. The van der Waals surface area contributed by atoms with Gasteiger partial charge in [0.05, 0.1) is 6.61 Å². The van der Waals surface area contributed by atoms with E-state index in [0.717, 1.165) is 29.9 Å². The molecule has 0 bridgehead atoms. The van der Waals surface area contributed by atoms with E-state index in [1.54, 1.807) is 0 Å². The molecular formula is C12H13NO3. The average Bonchev–Trinajstić information content (AvgIpc) is 2.75. The third kappa shape index (κ3) is 1.23. The van der Waals surface area contributed by atoms with Crippen molar-refractivity contribution in [3.63, 3.8) is 0 Å². The number of benzene rings is 1. The number of fused-ring (bicyclic) bond motifs is 1. The molecule has 16 heavy (non-hydrogen) atoms. The quantitative estimate of drug-likeness (QED) is 0.774. The Hall–Kier alpha value is -1.55. The minimum absolute atomic E-state index is 0.0455. The summed E-state index contributed by atoms with van der Waals surface area (Å²) in [6.45, 7) is 0.718. The minimum atomic E-state index is -1.05. The number of carbonyl (C=O) groups is 1. The molecule has 0 spiro atoms. The zero-order valence-corrected chi connectivity index (χ0v) is 8.77. The Labute approximate surface area is 93.0 Å². The first-order chi connectivity index (χ1) is 7.61. The van der Waals surface area contributed by atoms with Crippen LogP contribution in [-0.2, 0) is 11.2 Å². The van der Waals surface area contributed by atoms with Crippen LogP contribution in [0, 0.1) is 0 Å². The van der Waals surface area contributed by atoms with Crippen LogP contribution in [-0.4, -0.2) is 23.2 Å². The summed E-state index contributed by atoms with van der Waals surface area (Å²) < 4.78 is 5.41. The van der Waals surface area contributed by atoms with Gasteiger partial charge in [-0.15, -0.1) is 0 Å². The zero-order valence-electron chi connectivity index (χ0n) is 8.77. The fraction of sp³-hybridized carbons (Fsp3) is 0.417. The fourth-order valence-corrected chi connectivity index (χ4v) is 2.35. The second kappa shape index (κ2) is 2.98. The van der Waals surface area contributed by atoms with Crippen LogP contribution in [0.4, 0.5) is 0 Å². The van der Waals surface area contributed by atoms with Crippen molar-refractivity contribution in [1.82, 2.24) is 0 Å². The maximum Gasteiger partial charge on any atom is 0.324 e. The number of rotatable bonds is 2. The van der Waals surface area contributed by atoms with Crippen LogP contribution < -0.4 is 10.5 Å². The highest BCUT2D eigenvalue weighted by Crippen LogP contribution is 2.50. The highest BCUT2D eigenvalue weighted by Gasteiger charge is 2.58. The lowest BCUT2D eigenvalue weighted by atomic mass is 10.0. The van der Waals surface area contributed by atoms with E-state index >= 15 is 0 Å². The molecule has 1 aliphatic heterocycles. The van der Waals surface area contributed by atoms with Gasteiger partial charge in [0.1, 0.15) is 11.3 Å². The van der Waals surface area contributed by atoms with Crippen LogP contribution in [0.15, 0.2) is 18.2 Å². The van der Waals surface area contributed by atoms with Crippen LogP contribution in [0.25, 0.3) is 0 Å². The molecule has 1 aliphatic carbocycles. The van der Waals surface area contributed by atoms with Crippen LogP contribution in [0.5, 0.6) is 5.75 Å². The van der Waals surface area contributed by atoms with E-state index in [2.05, 4.69) is 0 Å². The molecule has 2 aliphatic rings. The molecule has 0 radical (unpaired) electrons. The third-order valence-electron chi connectivity index (χ3n) is 3.52. The van der Waals surface area contributed by atoms with Gasteiger partial charge >= 0.3 is 5.97 Å². The highest BCUT2D eigenvalue weighted by molar-refractivity contribution is 5.85. The summed E-state index contributed by atoms with van der Waals surface area (Å²) in [5.41, 5.74) is 6.92. The first-order valence-corrected chi connectivity index (χ1v) is 5.39. The number of ether oxygens (including phenoxy) is 1. The normalized spacial score (nSPS) is 30.7. The Morgan fingerprint density at radius 2 is 2.38 bits per heavy atom. The van der Waals surface area contributed by atoms with Crippen LogP contribution in [0.3, 0.4) is 0 Å². The Bertz CT molecular complexity index is 471. The lowest BCUT2D eigenvalue weighted by Gasteiger charge is -2.06. The molecule has 1 fully saturated rings. The monoisotopic (exact) mass is 219 g/mol. The van der Waals surface area contributed by atoms with Crippen molar-refractivity contribution in [2.45, 2.75) is 24.3 Å². The third-order valence-corrected chi connectivity index (χ3v) is 3.52. The SMILES string of the molecule is N[C@]1(C(=O)O)C[C@@H]1c1ccc2c(c1)CCO2. The van der Waals surface area contributed by atoms with Crippen molar-refractivity contribution in [1.29, 1.82) is 0 Å². The topological polar surface area (TPSA) is 72.6 Å². The van der Waals surface area contributed by atoms with E-state index < -0.39 is 11.5 Å². The van der Waals surface area contributed by atoms with Gasteiger partial charge in [-0.2, -0.15) is 0 Å². The maximum absolute atomic E-state index is 11.0. The largest absolute Gasteiger partial charge is 0.493 e. The van der Waals surface area contributed by atoms with Crippen LogP contribution >= 0.6 is 0 Å². The van der Waals surface area contributed by atoms with E-state index in [1.807, 2.05) is 18.2 Å². The van der Waals surface area contributed by atoms with Gasteiger partial charge in [0.2, 0.25) is 0 Å². The van der Waals surface area contributed by atoms with E-state index in [1.165, 1.54) is 0 Å². The maximum atomic E-state index is 11.0. The summed E-state index contributed by atoms with van der Waals surface area (Å²) in [7, 11) is 0. The molecule has 1 heterocycles. The molecule has 0 amide bonds. The Kier molecular flexibility index (Phi) is 1.80. The highest BCUT2D eigenvalue weighted by atomic mass is 16.5. The lowest BCUT2D eigenvalue weighted by Crippen LogP contribution is -2.34. The summed E-state index contributed by atoms with van der Waals surface area (Å²) in [6.07, 6.45) is 1.43. The number of carboxylic acids is 1. The second-order valence-corrected chi connectivity index (χ2v) is 4.57. The molecule has 3 N–H and O–H groups in total. The first-order valence-electron chi connectivity index (χ1n) is 5.39. The van der Waals surface area contributed by atoms with Gasteiger partial charge in [-0.1, -0.05) is 12.1 Å². The molecule has 4 heteroatoms. The molecule has 1 aromatic rings. The predicted molar refractivity (Wildman–Crippen MR) is 57.6 cm³/mol. The molecule has 1 saturated carbocycles. The molecule has 0 aromatic heterocycles. The number of carboxylic acid groups (broad SMARTS) is 1. The van der Waals surface area contributed by atoms with Crippen molar-refractivity contribution in [3.05, 3.63) is 29.3 Å². The number of aliphatic carboxylic acids is 1. The minimum Gasteiger partial charge on any atom is -0.493 e. The van der Waals surface area contributed by atoms with E-state index in [0.29, 0.717) is 6.42 Å². The van der Waals surface area contributed by atoms with Crippen LogP contribution in [0.1, 0.15) is 23.5 Å². The van der Waals surface area contributed by atoms with Gasteiger partial charge in [0.15, 0.2) is 0 Å². The number of hydrogen-bond acceptors (Lipinski definition) is 3. The van der Waals surface area contributed by atoms with Crippen molar-refractivity contribution in [2.75, 3.05) is 6.61 Å². The van der Waals surface area contributed by atoms with Crippen molar-refractivity contribution >= 4 is 5.97 Å². The number of nitrogens with two attached hydrogens (primary N) is 1. The van der Waals surface area contributed by atoms with Gasteiger partial charge in [0.25, 0.3) is 0 Å². The fourth-order valence-electron chi connectivity index (χ4n) is 2.35. The molecule has 4 nitrogen and oxygen atoms in total. The standard InChI is InChI=1S/C12H13NO3/c13-12(11(14)15)6-9(12)7-1-2-10-8(5-7)3-4-16-10/h1-2,5,9H,3-4,6,13H2,(H,14,15)/t9-,12-/m1/s1. The Morgan fingerprint density at radius 3 is 3.06 bits per heavy atom. The zero-order chi connectivity index (χ0) is 11.3. The number of hydrogen-bond donors (Lipinski definition) is 2. The van der Waals surface area contributed by atoms with E-state index in [9.17, 15) is 4.79 Å². The molecule has 3 rings (SSSR count).